The maximum Gasteiger partial charge on any atom is 0.319 e. The minimum absolute atomic E-state index is 0.0188. The monoisotopic (exact) mass is 614 g/mol. The van der Waals surface area contributed by atoms with Crippen molar-refractivity contribution in [1.82, 2.24) is 25.2 Å². The van der Waals surface area contributed by atoms with Crippen molar-refractivity contribution in [2.24, 2.45) is 5.41 Å². The van der Waals surface area contributed by atoms with Crippen LogP contribution in [0.1, 0.15) is 31.7 Å². The van der Waals surface area contributed by atoms with Crippen molar-refractivity contribution in [3.8, 4) is 35.4 Å². The Bertz CT molecular complexity index is 1840. The number of phenolic OH excluding ortho intramolecular Hbond substituents is 1. The minimum Gasteiger partial charge on any atom is -0.508 e. The van der Waals surface area contributed by atoms with Gasteiger partial charge in [-0.05, 0) is 49.9 Å². The number of hydrogen-bond acceptors (Lipinski definition) is 9. The van der Waals surface area contributed by atoms with E-state index in [-0.39, 0.29) is 57.6 Å². The molecule has 5 heterocycles. The molecule has 0 aliphatic carbocycles. The van der Waals surface area contributed by atoms with Crippen LogP contribution in [-0.2, 0) is 4.74 Å². The number of rotatable bonds is 6. The van der Waals surface area contributed by atoms with Gasteiger partial charge in [-0.2, -0.15) is 9.97 Å². The van der Waals surface area contributed by atoms with Crippen molar-refractivity contribution in [3.05, 3.63) is 47.7 Å². The second-order valence-electron chi connectivity index (χ2n) is 12.9. The van der Waals surface area contributed by atoms with Gasteiger partial charge in [0.1, 0.15) is 35.2 Å². The van der Waals surface area contributed by atoms with Crippen molar-refractivity contribution in [3.63, 3.8) is 0 Å². The first kappa shape index (κ1) is 29.6. The van der Waals surface area contributed by atoms with Gasteiger partial charge in [-0.15, -0.1) is 6.42 Å². The lowest BCUT2D eigenvalue weighted by atomic mass is 9.80. The van der Waals surface area contributed by atoms with Gasteiger partial charge in [-0.25, -0.2) is 8.78 Å². The number of anilines is 1. The van der Waals surface area contributed by atoms with E-state index in [1.54, 1.807) is 13.3 Å². The van der Waals surface area contributed by atoms with Gasteiger partial charge in [0.2, 0.25) is 0 Å². The van der Waals surface area contributed by atoms with Crippen molar-refractivity contribution in [2.45, 2.75) is 44.4 Å². The normalized spacial score (nSPS) is 25.2. The maximum atomic E-state index is 16.8. The maximum absolute atomic E-state index is 16.8. The number of benzene rings is 2. The molecule has 3 fully saturated rings. The molecule has 9 nitrogen and oxygen atoms in total. The zero-order chi connectivity index (χ0) is 31.5. The molecule has 0 unspecified atom stereocenters. The molecular formula is C34H36F2N6O3. The van der Waals surface area contributed by atoms with Crippen molar-refractivity contribution in [1.29, 1.82) is 0 Å². The summed E-state index contributed by atoms with van der Waals surface area (Å²) in [4.78, 5) is 18.3. The van der Waals surface area contributed by atoms with Gasteiger partial charge in [0, 0.05) is 67.9 Å². The van der Waals surface area contributed by atoms with Crippen LogP contribution in [0.15, 0.2) is 30.5 Å². The van der Waals surface area contributed by atoms with Gasteiger partial charge in [-0.3, -0.25) is 4.98 Å². The molecule has 2 bridgehead atoms. The number of phenols is 1. The Kier molecular flexibility index (Phi) is 7.47. The third-order valence-electron chi connectivity index (χ3n) is 9.61. The van der Waals surface area contributed by atoms with E-state index < -0.39 is 11.6 Å². The summed E-state index contributed by atoms with van der Waals surface area (Å²) in [5.74, 6) is 1.45. The lowest BCUT2D eigenvalue weighted by Gasteiger charge is -2.43. The van der Waals surface area contributed by atoms with E-state index in [0.29, 0.717) is 41.8 Å². The highest BCUT2D eigenvalue weighted by Gasteiger charge is 2.40. The van der Waals surface area contributed by atoms with E-state index in [1.165, 1.54) is 24.3 Å². The van der Waals surface area contributed by atoms with Crippen LogP contribution >= 0.6 is 0 Å². The molecule has 3 aliphatic heterocycles. The number of halogens is 2. The molecule has 7 rings (SSSR count). The highest BCUT2D eigenvalue weighted by molar-refractivity contribution is 6.03. The van der Waals surface area contributed by atoms with E-state index in [4.69, 9.17) is 20.9 Å². The summed E-state index contributed by atoms with van der Waals surface area (Å²) in [6, 6.07) is 6.20. The largest absolute Gasteiger partial charge is 0.508 e. The van der Waals surface area contributed by atoms with E-state index in [0.717, 1.165) is 32.4 Å². The summed E-state index contributed by atoms with van der Waals surface area (Å²) in [7, 11) is 3.78. The molecule has 0 radical (unpaired) electrons. The van der Waals surface area contributed by atoms with Gasteiger partial charge >= 0.3 is 6.01 Å². The predicted molar refractivity (Wildman–Crippen MR) is 168 cm³/mol. The lowest BCUT2D eigenvalue weighted by Crippen LogP contribution is -2.52. The number of nitrogens with zero attached hydrogens (tertiary/aromatic N) is 5. The van der Waals surface area contributed by atoms with Crippen LogP contribution in [0.25, 0.3) is 32.9 Å². The Hall–Kier alpha value is -4.11. The van der Waals surface area contributed by atoms with E-state index in [1.807, 2.05) is 0 Å². The van der Waals surface area contributed by atoms with Crippen molar-refractivity contribution in [2.75, 3.05) is 51.8 Å². The average molecular weight is 615 g/mol. The number of nitrogens with one attached hydrogen (secondary N) is 1. The molecule has 0 amide bonds. The zero-order valence-corrected chi connectivity index (χ0v) is 25.6. The highest BCUT2D eigenvalue weighted by Crippen LogP contribution is 2.40. The molecule has 3 aliphatic rings. The number of methoxy groups -OCH3 is 1. The number of aromatic hydroxyl groups is 1. The molecule has 2 N–H and O–H groups in total. The Morgan fingerprint density at radius 1 is 1.16 bits per heavy atom. The number of terminal acetylenes is 1. The Morgan fingerprint density at radius 3 is 2.67 bits per heavy atom. The number of piperazine rings is 1. The summed E-state index contributed by atoms with van der Waals surface area (Å²) >= 11 is 0. The van der Waals surface area contributed by atoms with E-state index in [9.17, 15) is 9.50 Å². The summed E-state index contributed by atoms with van der Waals surface area (Å²) in [6.07, 6.45) is 10.2. The number of ether oxygens (including phenoxy) is 2. The van der Waals surface area contributed by atoms with Crippen LogP contribution in [0, 0.1) is 29.4 Å². The van der Waals surface area contributed by atoms with Gasteiger partial charge < -0.3 is 29.7 Å². The Morgan fingerprint density at radius 2 is 1.93 bits per heavy atom. The van der Waals surface area contributed by atoms with Crippen molar-refractivity contribution < 1.29 is 23.4 Å². The molecule has 45 heavy (non-hydrogen) atoms. The van der Waals surface area contributed by atoms with Crippen LogP contribution in [-0.4, -0.2) is 90.1 Å². The Labute approximate surface area is 260 Å². The minimum atomic E-state index is -0.739. The molecular weight excluding hydrogens is 578 g/mol. The van der Waals surface area contributed by atoms with Gasteiger partial charge in [-0.1, -0.05) is 18.9 Å². The first-order valence-electron chi connectivity index (χ1n) is 15.3. The molecule has 4 aromatic rings. The molecule has 0 saturated carbocycles. The van der Waals surface area contributed by atoms with Crippen LogP contribution in [0.4, 0.5) is 14.6 Å². The summed E-state index contributed by atoms with van der Waals surface area (Å²) in [5, 5.41) is 15.3. The molecule has 234 valence electrons. The fraction of sp³-hybridized carbons (Fsp3) is 0.441. The van der Waals surface area contributed by atoms with Crippen LogP contribution in [0.3, 0.4) is 0 Å². The number of likely N-dealkylation sites (tertiary alicyclic amines) is 1. The van der Waals surface area contributed by atoms with Crippen LogP contribution in [0.2, 0.25) is 0 Å². The second kappa shape index (κ2) is 11.4. The smallest absolute Gasteiger partial charge is 0.319 e. The average Bonchev–Trinajstić information content (AvgIpc) is 3.36. The third-order valence-corrected chi connectivity index (χ3v) is 9.61. The lowest BCUT2D eigenvalue weighted by molar-refractivity contribution is -0.0754. The number of pyridine rings is 1. The van der Waals surface area contributed by atoms with Crippen LogP contribution < -0.4 is 15.0 Å². The first-order valence-corrected chi connectivity index (χ1v) is 15.3. The predicted octanol–water partition coefficient (Wildman–Crippen LogP) is 4.49. The fourth-order valence-corrected chi connectivity index (χ4v) is 7.49. The van der Waals surface area contributed by atoms with E-state index in [2.05, 4.69) is 45.0 Å². The summed E-state index contributed by atoms with van der Waals surface area (Å²) in [6.45, 7) is 5.49. The number of aromatic nitrogens is 3. The number of hydrogen-bond donors (Lipinski definition) is 2. The van der Waals surface area contributed by atoms with Gasteiger partial charge in [0.05, 0.1) is 17.1 Å². The van der Waals surface area contributed by atoms with E-state index >= 15 is 4.39 Å². The standard InChI is InChI=1S/C34H36F2N6O3/c1-5-23-26(35)9-6-19-12-22(43)13-24(28(19)23)30-29(36)31-25(14-37-30)32(42-15-20-7-8-21(16-42)38-20)40-33(39-31)45-18-34(2)17-41(3)11-10-27(34)44-4/h1,6,9,12-14,20-21,27,38,43H,7-8,10-11,15-18H2,2-4H3/t20-,21+,27-,34-/m0/s1. The SMILES string of the molecule is C#Cc1c(F)ccc2cc(O)cc(-c3ncc4c(N5C[C@H]6CC[C@@H](C5)N6)nc(OC[C@]5(C)CN(C)CC[C@@H]5OC)nc4c3F)c12. The molecule has 0 spiro atoms. The fourth-order valence-electron chi connectivity index (χ4n) is 7.49. The molecule has 2 aromatic heterocycles. The summed E-state index contributed by atoms with van der Waals surface area (Å²) in [5.41, 5.74) is -0.296. The van der Waals surface area contributed by atoms with Crippen molar-refractivity contribution >= 4 is 27.5 Å². The van der Waals surface area contributed by atoms with Crippen LogP contribution in [0.5, 0.6) is 11.8 Å². The van der Waals surface area contributed by atoms with Gasteiger partial charge in [0.15, 0.2) is 5.82 Å². The third kappa shape index (κ3) is 5.21. The molecule has 11 heteroatoms. The highest BCUT2D eigenvalue weighted by atomic mass is 19.1. The summed E-state index contributed by atoms with van der Waals surface area (Å²) < 4.78 is 43.7. The second-order valence-corrected chi connectivity index (χ2v) is 12.9. The molecule has 4 atom stereocenters. The topological polar surface area (TPSA) is 95.9 Å². The zero-order valence-electron chi connectivity index (χ0n) is 25.6. The first-order chi connectivity index (χ1) is 21.7. The molecule has 2 aromatic carbocycles. The molecule has 3 saturated heterocycles. The number of piperidine rings is 1. The van der Waals surface area contributed by atoms with Gasteiger partial charge in [0.25, 0.3) is 0 Å². The Balaban J connectivity index is 1.37. The number of fused-ring (bicyclic) bond motifs is 4. The quantitative estimate of drug-likeness (QED) is 0.305.